The number of rotatable bonds is 10. The van der Waals surface area contributed by atoms with E-state index in [2.05, 4.69) is 26.0 Å². The van der Waals surface area contributed by atoms with E-state index in [-0.39, 0.29) is 18.8 Å². The van der Waals surface area contributed by atoms with Crippen LogP contribution in [0.3, 0.4) is 0 Å². The van der Waals surface area contributed by atoms with Crippen molar-refractivity contribution >= 4 is 45.5 Å². The summed E-state index contributed by atoms with van der Waals surface area (Å²) in [5.41, 5.74) is 1.07. The number of nitriles is 1. The molecular weight excluding hydrogens is 508 g/mol. The number of esters is 2. The van der Waals surface area contributed by atoms with Gasteiger partial charge in [-0.25, -0.2) is 9.59 Å². The van der Waals surface area contributed by atoms with Crippen LogP contribution >= 0.6 is 15.9 Å². The largest absolute Gasteiger partial charge is 0.490 e. The number of carbonyl (C=O) groups excluding carboxylic acids is 3. The molecule has 0 saturated heterocycles. The van der Waals surface area contributed by atoms with E-state index in [4.69, 9.17) is 14.2 Å². The van der Waals surface area contributed by atoms with Crippen LogP contribution in [0.1, 0.15) is 29.8 Å². The highest BCUT2D eigenvalue weighted by atomic mass is 79.9. The van der Waals surface area contributed by atoms with Crippen LogP contribution in [0.25, 0.3) is 6.08 Å². The third kappa shape index (κ3) is 7.35. The van der Waals surface area contributed by atoms with E-state index in [9.17, 15) is 19.6 Å². The van der Waals surface area contributed by atoms with Crippen molar-refractivity contribution in [2.45, 2.75) is 13.8 Å². The van der Waals surface area contributed by atoms with Gasteiger partial charge >= 0.3 is 11.9 Å². The second kappa shape index (κ2) is 13.0. The van der Waals surface area contributed by atoms with Crippen molar-refractivity contribution in [2.24, 2.45) is 0 Å². The molecule has 1 amide bonds. The summed E-state index contributed by atoms with van der Waals surface area (Å²) in [4.78, 5) is 35.8. The predicted octanol–water partition coefficient (Wildman–Crippen LogP) is 4.12. The summed E-state index contributed by atoms with van der Waals surface area (Å²) in [7, 11) is 1.25. The molecule has 0 spiro atoms. The van der Waals surface area contributed by atoms with Gasteiger partial charge in [-0.05, 0) is 61.9 Å². The van der Waals surface area contributed by atoms with Crippen LogP contribution in [0.4, 0.5) is 5.69 Å². The normalized spacial score (nSPS) is 10.6. The van der Waals surface area contributed by atoms with Crippen molar-refractivity contribution < 1.29 is 33.3 Å². The molecule has 0 saturated carbocycles. The van der Waals surface area contributed by atoms with Crippen LogP contribution in [0.2, 0.25) is 0 Å². The molecule has 0 atom stereocenters. The molecule has 0 heterocycles. The van der Waals surface area contributed by atoms with Gasteiger partial charge in [0.1, 0.15) is 11.6 Å². The summed E-state index contributed by atoms with van der Waals surface area (Å²) >= 11 is 3.38. The molecule has 0 unspecified atom stereocenters. The Morgan fingerprint density at radius 1 is 1.06 bits per heavy atom. The smallest absolute Gasteiger partial charge is 0.343 e. The Hall–Kier alpha value is -3.84. The van der Waals surface area contributed by atoms with Crippen LogP contribution < -0.4 is 14.8 Å². The van der Waals surface area contributed by atoms with Gasteiger partial charge in [0.25, 0.3) is 5.91 Å². The molecule has 0 aliphatic heterocycles. The van der Waals surface area contributed by atoms with Gasteiger partial charge in [0.15, 0.2) is 18.1 Å². The Bertz CT molecular complexity index is 1120. The van der Waals surface area contributed by atoms with Crippen molar-refractivity contribution in [3.05, 3.63) is 57.6 Å². The number of nitrogens with zero attached hydrogens (tertiary/aromatic N) is 1. The molecule has 0 fully saturated rings. The van der Waals surface area contributed by atoms with Gasteiger partial charge in [0, 0.05) is 10.2 Å². The summed E-state index contributed by atoms with van der Waals surface area (Å²) in [6.07, 6.45) is 1.39. The van der Waals surface area contributed by atoms with E-state index in [1.54, 1.807) is 26.0 Å². The van der Waals surface area contributed by atoms with Crippen LogP contribution in [0, 0.1) is 11.3 Å². The van der Waals surface area contributed by atoms with Crippen molar-refractivity contribution in [1.82, 2.24) is 0 Å². The van der Waals surface area contributed by atoms with Gasteiger partial charge in [-0.15, -0.1) is 0 Å². The van der Waals surface area contributed by atoms with Crippen molar-refractivity contribution in [3.63, 3.8) is 0 Å². The van der Waals surface area contributed by atoms with Crippen LogP contribution in [-0.4, -0.2) is 44.8 Å². The molecule has 9 nitrogen and oxygen atoms in total. The highest BCUT2D eigenvalue weighted by molar-refractivity contribution is 9.10. The summed E-state index contributed by atoms with van der Waals surface area (Å²) in [6.45, 7) is 3.77. The number of anilines is 1. The second-order valence-corrected chi connectivity index (χ2v) is 7.39. The zero-order chi connectivity index (χ0) is 25.1. The average molecular weight is 531 g/mol. The van der Waals surface area contributed by atoms with E-state index in [1.165, 1.54) is 37.5 Å². The molecule has 0 bridgehead atoms. The van der Waals surface area contributed by atoms with Crippen LogP contribution in [-0.2, 0) is 19.1 Å². The minimum Gasteiger partial charge on any atom is -0.490 e. The minimum atomic E-state index is -0.637. The lowest BCUT2D eigenvalue weighted by atomic mass is 10.1. The number of halogens is 1. The zero-order valence-electron chi connectivity index (χ0n) is 18.8. The maximum absolute atomic E-state index is 12.7. The number of methoxy groups -OCH3 is 1. The first-order valence-corrected chi connectivity index (χ1v) is 11.0. The molecule has 0 aliphatic carbocycles. The number of benzene rings is 2. The van der Waals surface area contributed by atoms with Gasteiger partial charge in [0.2, 0.25) is 0 Å². The molecule has 34 heavy (non-hydrogen) atoms. The lowest BCUT2D eigenvalue weighted by Gasteiger charge is -2.13. The number of hydrogen-bond acceptors (Lipinski definition) is 8. The van der Waals surface area contributed by atoms with E-state index >= 15 is 0 Å². The van der Waals surface area contributed by atoms with Gasteiger partial charge in [-0.2, -0.15) is 5.26 Å². The SMILES string of the molecule is CCOC(=O)c1ccc(NC(=O)/C(C#N)=C/c2cc(OCC)c(OCC(=O)OC)cc2Br)cc1. The van der Waals surface area contributed by atoms with Gasteiger partial charge in [-0.1, -0.05) is 15.9 Å². The van der Waals surface area contributed by atoms with E-state index in [0.717, 1.165) is 0 Å². The Kier molecular flexibility index (Phi) is 10.1. The third-order valence-electron chi connectivity index (χ3n) is 4.25. The molecule has 1 N–H and O–H groups in total. The number of ether oxygens (including phenoxy) is 4. The number of nitrogens with one attached hydrogen (secondary N) is 1. The van der Waals surface area contributed by atoms with Gasteiger partial charge < -0.3 is 24.3 Å². The number of hydrogen-bond donors (Lipinski definition) is 1. The molecule has 178 valence electrons. The topological polar surface area (TPSA) is 124 Å². The molecule has 2 aromatic rings. The Labute approximate surface area is 205 Å². The van der Waals surface area contributed by atoms with Crippen molar-refractivity contribution in [3.8, 4) is 17.6 Å². The number of amides is 1. The first-order chi connectivity index (χ1) is 16.3. The summed E-state index contributed by atoms with van der Waals surface area (Å²) in [5.74, 6) is -1.04. The lowest BCUT2D eigenvalue weighted by molar-refractivity contribution is -0.142. The van der Waals surface area contributed by atoms with Crippen LogP contribution in [0.5, 0.6) is 11.5 Å². The summed E-state index contributed by atoms with van der Waals surface area (Å²) in [5, 5.41) is 12.2. The lowest BCUT2D eigenvalue weighted by Crippen LogP contribution is -2.14. The van der Waals surface area contributed by atoms with E-state index < -0.39 is 17.8 Å². The first kappa shape index (κ1) is 26.4. The number of carbonyl (C=O) groups is 3. The minimum absolute atomic E-state index is 0.166. The van der Waals surface area contributed by atoms with Crippen molar-refractivity contribution in [1.29, 1.82) is 5.26 Å². The molecule has 0 aromatic heterocycles. The fraction of sp³-hybridized carbons (Fsp3) is 0.250. The van der Waals surface area contributed by atoms with Crippen molar-refractivity contribution in [2.75, 3.05) is 32.2 Å². The second-order valence-electron chi connectivity index (χ2n) is 6.54. The molecule has 2 aromatic carbocycles. The molecule has 10 heteroatoms. The highest BCUT2D eigenvalue weighted by Crippen LogP contribution is 2.35. The first-order valence-electron chi connectivity index (χ1n) is 10.2. The van der Waals surface area contributed by atoms with E-state index in [0.29, 0.717) is 39.4 Å². The third-order valence-corrected chi connectivity index (χ3v) is 4.94. The Morgan fingerprint density at radius 3 is 2.32 bits per heavy atom. The maximum Gasteiger partial charge on any atom is 0.343 e. The molecule has 2 rings (SSSR count). The summed E-state index contributed by atoms with van der Waals surface area (Å²) < 4.78 is 21.0. The van der Waals surface area contributed by atoms with Crippen LogP contribution in [0.15, 0.2) is 46.4 Å². The quantitative estimate of drug-likeness (QED) is 0.276. The van der Waals surface area contributed by atoms with Gasteiger partial charge in [-0.3, -0.25) is 4.79 Å². The zero-order valence-corrected chi connectivity index (χ0v) is 20.4. The molecule has 0 radical (unpaired) electrons. The standard InChI is InChI=1S/C24H23BrN2O7/c1-4-32-20-11-16(19(25)12-21(20)34-14-22(28)31-3)10-17(13-26)23(29)27-18-8-6-15(7-9-18)24(30)33-5-2/h6-12H,4-5,14H2,1-3H3,(H,27,29)/b17-10+. The highest BCUT2D eigenvalue weighted by Gasteiger charge is 2.15. The summed E-state index contributed by atoms with van der Waals surface area (Å²) in [6, 6.07) is 11.1. The van der Waals surface area contributed by atoms with Gasteiger partial charge in [0.05, 0.1) is 25.9 Å². The Morgan fingerprint density at radius 2 is 1.74 bits per heavy atom. The fourth-order valence-corrected chi connectivity index (χ4v) is 3.08. The monoisotopic (exact) mass is 530 g/mol. The maximum atomic E-state index is 12.7. The average Bonchev–Trinajstić information content (AvgIpc) is 2.83. The Balaban J connectivity index is 2.25. The van der Waals surface area contributed by atoms with E-state index in [1.807, 2.05) is 6.07 Å². The molecular formula is C24H23BrN2O7. The predicted molar refractivity (Wildman–Crippen MR) is 127 cm³/mol. The molecule has 0 aliphatic rings. The fourth-order valence-electron chi connectivity index (χ4n) is 2.64.